The lowest BCUT2D eigenvalue weighted by Gasteiger charge is -2.27. The smallest absolute Gasteiger partial charge is 0.335 e. The zero-order valence-corrected chi connectivity index (χ0v) is 11.9. The summed E-state index contributed by atoms with van der Waals surface area (Å²) in [6.07, 6.45) is 6.50. The van der Waals surface area contributed by atoms with E-state index in [2.05, 4.69) is 4.90 Å². The highest BCUT2D eigenvalue weighted by Gasteiger charge is 2.16. The molecule has 1 fully saturated rings. The average Bonchev–Trinajstić information content (AvgIpc) is 2.38. The minimum Gasteiger partial charge on any atom is -0.478 e. The lowest BCUT2D eigenvalue weighted by molar-refractivity contribution is 0.0696. The van der Waals surface area contributed by atoms with Gasteiger partial charge in [-0.25, -0.2) is 9.18 Å². The van der Waals surface area contributed by atoms with Crippen molar-refractivity contribution in [3.8, 4) is 0 Å². The van der Waals surface area contributed by atoms with Crippen molar-refractivity contribution in [2.75, 3.05) is 13.6 Å². The third-order valence-electron chi connectivity index (χ3n) is 3.95. The molecule has 1 aromatic rings. The molecule has 0 spiro atoms. The maximum Gasteiger partial charge on any atom is 0.335 e. The van der Waals surface area contributed by atoms with Crippen LogP contribution < -0.4 is 0 Å². The Bertz CT molecular complexity index is 470. The first-order valence-electron chi connectivity index (χ1n) is 7.26. The summed E-state index contributed by atoms with van der Waals surface area (Å²) in [5.41, 5.74) is 0.742. The average molecular weight is 279 g/mol. The van der Waals surface area contributed by atoms with Gasteiger partial charge in [-0.3, -0.25) is 0 Å². The number of hydrogen-bond donors (Lipinski definition) is 1. The molecule has 20 heavy (non-hydrogen) atoms. The van der Waals surface area contributed by atoms with E-state index in [0.29, 0.717) is 6.54 Å². The molecule has 1 aliphatic rings. The number of benzene rings is 1. The van der Waals surface area contributed by atoms with Crippen LogP contribution in [0, 0.1) is 11.7 Å². The van der Waals surface area contributed by atoms with Crippen LogP contribution in [0.1, 0.15) is 48.0 Å². The van der Waals surface area contributed by atoms with Crippen LogP contribution >= 0.6 is 0 Å². The summed E-state index contributed by atoms with van der Waals surface area (Å²) in [4.78, 5) is 13.1. The molecule has 0 saturated heterocycles. The summed E-state index contributed by atoms with van der Waals surface area (Å²) < 4.78 is 13.4. The van der Waals surface area contributed by atoms with Gasteiger partial charge in [-0.1, -0.05) is 19.3 Å². The van der Waals surface area contributed by atoms with Crippen molar-refractivity contribution in [3.63, 3.8) is 0 Å². The van der Waals surface area contributed by atoms with Crippen molar-refractivity contribution in [1.82, 2.24) is 4.90 Å². The SMILES string of the molecule is CN(Cc1cc(F)cc(C(=O)O)c1)CC1CCCCC1. The molecule has 1 saturated carbocycles. The second-order valence-corrected chi connectivity index (χ2v) is 5.85. The quantitative estimate of drug-likeness (QED) is 0.896. The highest BCUT2D eigenvalue weighted by molar-refractivity contribution is 5.87. The maximum atomic E-state index is 13.4. The number of carboxylic acid groups (broad SMARTS) is 1. The fourth-order valence-electron chi connectivity index (χ4n) is 3.05. The molecule has 0 amide bonds. The molecule has 0 atom stereocenters. The van der Waals surface area contributed by atoms with Crippen molar-refractivity contribution < 1.29 is 14.3 Å². The Balaban J connectivity index is 1.96. The Hall–Kier alpha value is -1.42. The van der Waals surface area contributed by atoms with Gasteiger partial charge in [-0.05, 0) is 49.6 Å². The van der Waals surface area contributed by atoms with Crippen LogP contribution in [0.3, 0.4) is 0 Å². The van der Waals surface area contributed by atoms with E-state index >= 15 is 0 Å². The van der Waals surface area contributed by atoms with Crippen LogP contribution in [0.25, 0.3) is 0 Å². The molecule has 3 nitrogen and oxygen atoms in total. The minimum absolute atomic E-state index is 0.0195. The van der Waals surface area contributed by atoms with Crippen molar-refractivity contribution in [3.05, 3.63) is 35.1 Å². The predicted molar refractivity (Wildman–Crippen MR) is 76.3 cm³/mol. The molecule has 0 heterocycles. The Morgan fingerprint density at radius 3 is 2.65 bits per heavy atom. The zero-order chi connectivity index (χ0) is 14.5. The Labute approximate surface area is 119 Å². The molecular weight excluding hydrogens is 257 g/mol. The highest BCUT2D eigenvalue weighted by atomic mass is 19.1. The van der Waals surface area contributed by atoms with Crippen LogP contribution in [0.2, 0.25) is 0 Å². The Kier molecular flexibility index (Phi) is 5.12. The van der Waals surface area contributed by atoms with Crippen molar-refractivity contribution >= 4 is 5.97 Å². The molecule has 0 unspecified atom stereocenters. The van der Waals surface area contributed by atoms with Gasteiger partial charge in [0.15, 0.2) is 0 Å². The van der Waals surface area contributed by atoms with Crippen LogP contribution in [0.15, 0.2) is 18.2 Å². The molecule has 0 aliphatic heterocycles. The Morgan fingerprint density at radius 1 is 1.30 bits per heavy atom. The van der Waals surface area contributed by atoms with Gasteiger partial charge in [0, 0.05) is 13.1 Å². The highest BCUT2D eigenvalue weighted by Crippen LogP contribution is 2.24. The summed E-state index contributed by atoms with van der Waals surface area (Å²) >= 11 is 0. The van der Waals surface area contributed by atoms with Gasteiger partial charge in [0.25, 0.3) is 0 Å². The topological polar surface area (TPSA) is 40.5 Å². The van der Waals surface area contributed by atoms with E-state index in [4.69, 9.17) is 5.11 Å². The van der Waals surface area contributed by atoms with E-state index in [-0.39, 0.29) is 5.56 Å². The molecule has 2 rings (SSSR count). The molecule has 4 heteroatoms. The standard InChI is InChI=1S/C16H22FNO2/c1-18(10-12-5-3-2-4-6-12)11-13-7-14(16(19)20)9-15(17)8-13/h7-9,12H,2-6,10-11H2,1H3,(H,19,20). The van der Waals surface area contributed by atoms with Crippen LogP contribution in [-0.4, -0.2) is 29.6 Å². The zero-order valence-electron chi connectivity index (χ0n) is 11.9. The van der Waals surface area contributed by atoms with Crippen molar-refractivity contribution in [2.24, 2.45) is 5.92 Å². The summed E-state index contributed by atoms with van der Waals surface area (Å²) in [7, 11) is 2.01. The van der Waals surface area contributed by atoms with Gasteiger partial charge in [-0.15, -0.1) is 0 Å². The summed E-state index contributed by atoms with van der Waals surface area (Å²) in [5.74, 6) is -0.840. The van der Waals surface area contributed by atoms with Crippen molar-refractivity contribution in [1.29, 1.82) is 0 Å². The van der Waals surface area contributed by atoms with Crippen LogP contribution in [0.5, 0.6) is 0 Å². The number of carboxylic acids is 1. The van der Waals surface area contributed by atoms with E-state index in [1.807, 2.05) is 7.05 Å². The summed E-state index contributed by atoms with van der Waals surface area (Å²) in [6.45, 7) is 1.59. The largest absolute Gasteiger partial charge is 0.478 e. The van der Waals surface area contributed by atoms with Gasteiger partial charge >= 0.3 is 5.97 Å². The molecule has 0 bridgehead atoms. The molecule has 0 aromatic heterocycles. The second kappa shape index (κ2) is 6.84. The number of carbonyl (C=O) groups is 1. The number of hydrogen-bond acceptors (Lipinski definition) is 2. The van der Waals surface area contributed by atoms with Gasteiger partial charge in [-0.2, -0.15) is 0 Å². The Morgan fingerprint density at radius 2 is 2.00 bits per heavy atom. The number of nitrogens with zero attached hydrogens (tertiary/aromatic N) is 1. The summed E-state index contributed by atoms with van der Waals surface area (Å²) in [5, 5.41) is 8.95. The van der Waals surface area contributed by atoms with E-state index in [1.54, 1.807) is 6.07 Å². The fraction of sp³-hybridized carbons (Fsp3) is 0.562. The molecule has 110 valence electrons. The van der Waals surface area contributed by atoms with Gasteiger partial charge in [0.1, 0.15) is 5.82 Å². The van der Waals surface area contributed by atoms with Gasteiger partial charge in [0.2, 0.25) is 0 Å². The number of rotatable bonds is 5. The monoisotopic (exact) mass is 279 g/mol. The van der Waals surface area contributed by atoms with E-state index in [9.17, 15) is 9.18 Å². The molecule has 1 aliphatic carbocycles. The third-order valence-corrected chi connectivity index (χ3v) is 3.95. The predicted octanol–water partition coefficient (Wildman–Crippen LogP) is 3.54. The van der Waals surface area contributed by atoms with Crippen LogP contribution in [0.4, 0.5) is 4.39 Å². The molecule has 1 aromatic carbocycles. The second-order valence-electron chi connectivity index (χ2n) is 5.85. The third kappa shape index (κ3) is 4.30. The normalized spacial score (nSPS) is 16.6. The van der Waals surface area contributed by atoms with Crippen LogP contribution in [-0.2, 0) is 6.54 Å². The number of halogens is 1. The fourth-order valence-corrected chi connectivity index (χ4v) is 3.05. The van der Waals surface area contributed by atoms with Crippen molar-refractivity contribution in [2.45, 2.75) is 38.6 Å². The minimum atomic E-state index is -1.08. The van der Waals surface area contributed by atoms with Gasteiger partial charge in [0.05, 0.1) is 5.56 Å². The first-order chi connectivity index (χ1) is 9.54. The first-order valence-corrected chi connectivity index (χ1v) is 7.26. The van der Waals surface area contributed by atoms with Gasteiger partial charge < -0.3 is 10.0 Å². The lowest BCUT2D eigenvalue weighted by Crippen LogP contribution is -2.26. The first kappa shape index (κ1) is 15.0. The molecule has 1 N–H and O–H groups in total. The van der Waals surface area contributed by atoms with E-state index in [0.717, 1.165) is 24.1 Å². The molecule has 0 radical (unpaired) electrons. The van der Waals surface area contributed by atoms with E-state index < -0.39 is 11.8 Å². The maximum absolute atomic E-state index is 13.4. The van der Waals surface area contributed by atoms with E-state index in [1.165, 1.54) is 38.2 Å². The number of aromatic carboxylic acids is 1. The molecular formula is C16H22FNO2. The lowest BCUT2D eigenvalue weighted by atomic mass is 9.89. The summed E-state index contributed by atoms with van der Waals surface area (Å²) in [6, 6.07) is 4.04.